The third kappa shape index (κ3) is 4.41. The fourth-order valence-corrected chi connectivity index (χ4v) is 2.62. The minimum Gasteiger partial charge on any atom is -0.338 e. The van der Waals surface area contributed by atoms with E-state index < -0.39 is 4.92 Å². The van der Waals surface area contributed by atoms with Crippen LogP contribution in [0.3, 0.4) is 0 Å². The van der Waals surface area contributed by atoms with Crippen LogP contribution in [0.2, 0.25) is 0 Å². The van der Waals surface area contributed by atoms with Crippen molar-refractivity contribution in [3.8, 4) is 0 Å². The van der Waals surface area contributed by atoms with Crippen LogP contribution < -0.4 is 5.32 Å². The summed E-state index contributed by atoms with van der Waals surface area (Å²) in [7, 11) is 1.89. The zero-order valence-electron chi connectivity index (χ0n) is 11.9. The van der Waals surface area contributed by atoms with E-state index in [0.717, 1.165) is 31.5 Å². The molecule has 0 aliphatic carbocycles. The Morgan fingerprint density at radius 2 is 2.10 bits per heavy atom. The van der Waals surface area contributed by atoms with E-state index >= 15 is 0 Å². The topological polar surface area (TPSA) is 75.5 Å². The van der Waals surface area contributed by atoms with Crippen LogP contribution in [0, 0.1) is 10.1 Å². The molecule has 0 aromatic heterocycles. The number of carbonyl (C=O) groups is 1. The molecule has 0 spiro atoms. The number of nitro groups is 1. The first-order valence-corrected chi connectivity index (χ1v) is 6.79. The molecule has 1 unspecified atom stereocenters. The van der Waals surface area contributed by atoms with Gasteiger partial charge < -0.3 is 10.2 Å². The maximum Gasteiger partial charge on any atom is 0.269 e. The highest BCUT2D eigenvalue weighted by atomic mass is 35.5. The normalized spacial score (nSPS) is 17.4. The zero-order chi connectivity index (χ0) is 14.5. The lowest BCUT2D eigenvalue weighted by Crippen LogP contribution is -2.41. The third-order valence-electron chi connectivity index (χ3n) is 3.64. The van der Waals surface area contributed by atoms with Gasteiger partial charge >= 0.3 is 0 Å². The Morgan fingerprint density at radius 1 is 1.43 bits per heavy atom. The number of nitro benzene ring substituents is 1. The second-order valence-corrected chi connectivity index (χ2v) is 5.04. The minimum absolute atomic E-state index is 0. The van der Waals surface area contributed by atoms with Crippen LogP contribution in [0.15, 0.2) is 24.3 Å². The summed E-state index contributed by atoms with van der Waals surface area (Å²) in [5.41, 5.74) is 0.867. The lowest BCUT2D eigenvalue weighted by Gasteiger charge is -2.24. The molecule has 7 heteroatoms. The number of likely N-dealkylation sites (N-methyl/N-ethyl adjacent to an activating group) is 1. The van der Waals surface area contributed by atoms with Gasteiger partial charge in [0, 0.05) is 31.3 Å². The van der Waals surface area contributed by atoms with Gasteiger partial charge in [0.25, 0.3) is 5.69 Å². The minimum atomic E-state index is -0.435. The van der Waals surface area contributed by atoms with E-state index in [9.17, 15) is 14.9 Å². The van der Waals surface area contributed by atoms with E-state index in [0.29, 0.717) is 6.42 Å². The maximum atomic E-state index is 12.3. The number of halogens is 1. The smallest absolute Gasteiger partial charge is 0.269 e. The van der Waals surface area contributed by atoms with Gasteiger partial charge in [-0.05, 0) is 25.5 Å². The molecular weight excluding hydrogens is 294 g/mol. The van der Waals surface area contributed by atoms with Gasteiger partial charge in [-0.15, -0.1) is 12.4 Å². The van der Waals surface area contributed by atoms with E-state index in [1.54, 1.807) is 12.1 Å². The summed E-state index contributed by atoms with van der Waals surface area (Å²) in [5, 5.41) is 13.7. The van der Waals surface area contributed by atoms with Gasteiger partial charge in [-0.25, -0.2) is 0 Å². The molecule has 1 aliphatic rings. The van der Waals surface area contributed by atoms with E-state index in [4.69, 9.17) is 0 Å². The highest BCUT2D eigenvalue weighted by Gasteiger charge is 2.27. The molecule has 1 aromatic rings. The Morgan fingerprint density at radius 3 is 2.67 bits per heavy atom. The van der Waals surface area contributed by atoms with E-state index in [1.807, 2.05) is 11.9 Å². The van der Waals surface area contributed by atoms with Crippen LogP contribution in [0.4, 0.5) is 5.69 Å². The highest BCUT2D eigenvalue weighted by molar-refractivity contribution is 5.85. The molecule has 2 rings (SSSR count). The van der Waals surface area contributed by atoms with E-state index in [2.05, 4.69) is 5.32 Å². The van der Waals surface area contributed by atoms with Gasteiger partial charge in [0.15, 0.2) is 0 Å². The number of non-ortho nitro benzene ring substituents is 1. The summed E-state index contributed by atoms with van der Waals surface area (Å²) in [6.45, 7) is 1.62. The standard InChI is InChI=1S/C14H19N3O3.ClH/c1-15-10-13-3-2-8-16(13)14(18)9-11-4-6-12(7-5-11)17(19)20;/h4-7,13,15H,2-3,8-10H2,1H3;1H. The van der Waals surface area contributed by atoms with Crippen LogP contribution in [0.1, 0.15) is 18.4 Å². The Labute approximate surface area is 130 Å². The van der Waals surface area contributed by atoms with Crippen molar-refractivity contribution in [3.63, 3.8) is 0 Å². The molecule has 1 N–H and O–H groups in total. The number of benzene rings is 1. The molecule has 6 nitrogen and oxygen atoms in total. The molecule has 1 fully saturated rings. The Kier molecular flexibility index (Phi) is 6.58. The quantitative estimate of drug-likeness (QED) is 0.664. The van der Waals surface area contributed by atoms with Crippen molar-refractivity contribution >= 4 is 24.0 Å². The summed E-state index contributed by atoms with van der Waals surface area (Å²) in [5.74, 6) is 0.0941. The fourth-order valence-electron chi connectivity index (χ4n) is 2.62. The number of likely N-dealkylation sites (tertiary alicyclic amines) is 1. The number of nitrogens with zero attached hydrogens (tertiary/aromatic N) is 2. The number of amides is 1. The summed E-state index contributed by atoms with van der Waals surface area (Å²) in [4.78, 5) is 24.3. The van der Waals surface area contributed by atoms with Gasteiger partial charge in [-0.1, -0.05) is 12.1 Å². The largest absolute Gasteiger partial charge is 0.338 e. The number of hydrogen-bond donors (Lipinski definition) is 1. The Balaban J connectivity index is 0.00000220. The second kappa shape index (κ2) is 7.95. The van der Waals surface area contributed by atoms with Crippen LogP contribution >= 0.6 is 12.4 Å². The molecule has 1 saturated heterocycles. The predicted octanol–water partition coefficient (Wildman–Crippen LogP) is 1.77. The molecule has 1 aliphatic heterocycles. The van der Waals surface area contributed by atoms with E-state index in [-0.39, 0.29) is 30.0 Å². The second-order valence-electron chi connectivity index (χ2n) is 5.04. The third-order valence-corrected chi connectivity index (χ3v) is 3.64. The monoisotopic (exact) mass is 313 g/mol. The van der Waals surface area contributed by atoms with Gasteiger partial charge in [-0.2, -0.15) is 0 Å². The molecule has 0 bridgehead atoms. The lowest BCUT2D eigenvalue weighted by atomic mass is 10.1. The van der Waals surface area contributed by atoms with Crippen molar-refractivity contribution in [1.82, 2.24) is 10.2 Å². The first-order valence-electron chi connectivity index (χ1n) is 6.79. The fraction of sp³-hybridized carbons (Fsp3) is 0.500. The summed E-state index contributed by atoms with van der Waals surface area (Å²) in [6, 6.07) is 6.46. The molecule has 1 aromatic carbocycles. The van der Waals surface area contributed by atoms with Crippen LogP contribution in [0.25, 0.3) is 0 Å². The first kappa shape index (κ1) is 17.4. The molecular formula is C14H20ClN3O3. The Hall–Kier alpha value is -1.66. The average molecular weight is 314 g/mol. The number of hydrogen-bond acceptors (Lipinski definition) is 4. The lowest BCUT2D eigenvalue weighted by molar-refractivity contribution is -0.384. The Bertz CT molecular complexity index is 493. The maximum absolute atomic E-state index is 12.3. The van der Waals surface area contributed by atoms with Crippen molar-refractivity contribution in [1.29, 1.82) is 0 Å². The van der Waals surface area contributed by atoms with Gasteiger partial charge in [0.2, 0.25) is 5.91 Å². The van der Waals surface area contributed by atoms with Gasteiger partial charge in [0.1, 0.15) is 0 Å². The van der Waals surface area contributed by atoms with Crippen LogP contribution in [0.5, 0.6) is 0 Å². The zero-order valence-corrected chi connectivity index (χ0v) is 12.8. The molecule has 0 radical (unpaired) electrons. The van der Waals surface area contributed by atoms with Crippen LogP contribution in [-0.4, -0.2) is 41.9 Å². The van der Waals surface area contributed by atoms with Crippen molar-refractivity contribution in [2.24, 2.45) is 0 Å². The van der Waals surface area contributed by atoms with Crippen LogP contribution in [-0.2, 0) is 11.2 Å². The molecule has 116 valence electrons. The summed E-state index contributed by atoms with van der Waals surface area (Å²) >= 11 is 0. The van der Waals surface area contributed by atoms with E-state index in [1.165, 1.54) is 12.1 Å². The van der Waals surface area contributed by atoms with Crippen molar-refractivity contribution in [2.75, 3.05) is 20.1 Å². The SMILES string of the molecule is CNCC1CCCN1C(=O)Cc1ccc([N+](=O)[O-])cc1.Cl. The highest BCUT2D eigenvalue weighted by Crippen LogP contribution is 2.19. The molecule has 1 atom stereocenters. The molecule has 21 heavy (non-hydrogen) atoms. The van der Waals surface area contributed by atoms with Crippen molar-refractivity contribution < 1.29 is 9.72 Å². The number of carbonyl (C=O) groups excluding carboxylic acids is 1. The molecule has 1 amide bonds. The van der Waals surface area contributed by atoms with Crippen molar-refractivity contribution in [2.45, 2.75) is 25.3 Å². The molecule has 1 heterocycles. The number of rotatable bonds is 5. The average Bonchev–Trinajstić information content (AvgIpc) is 2.88. The van der Waals surface area contributed by atoms with Crippen molar-refractivity contribution in [3.05, 3.63) is 39.9 Å². The predicted molar refractivity (Wildman–Crippen MR) is 82.7 cm³/mol. The molecule has 0 saturated carbocycles. The number of nitrogens with one attached hydrogen (secondary N) is 1. The summed E-state index contributed by atoms with van der Waals surface area (Å²) in [6.07, 6.45) is 2.38. The van der Waals surface area contributed by atoms with Gasteiger partial charge in [-0.3, -0.25) is 14.9 Å². The summed E-state index contributed by atoms with van der Waals surface area (Å²) < 4.78 is 0. The van der Waals surface area contributed by atoms with Gasteiger partial charge in [0.05, 0.1) is 11.3 Å². The first-order chi connectivity index (χ1) is 9.61.